The van der Waals surface area contributed by atoms with E-state index in [0.29, 0.717) is 25.7 Å². The van der Waals surface area contributed by atoms with Crippen molar-refractivity contribution in [1.29, 1.82) is 0 Å². The Balaban J connectivity index is 3.15. The highest BCUT2D eigenvalue weighted by Crippen LogP contribution is 2.31. The van der Waals surface area contributed by atoms with Crippen LogP contribution in [0.25, 0.3) is 0 Å². The van der Waals surface area contributed by atoms with Gasteiger partial charge in [-0.15, -0.1) is 0 Å². The Bertz CT molecular complexity index is 680. The zero-order valence-electron chi connectivity index (χ0n) is 24.1. The van der Waals surface area contributed by atoms with Crippen LogP contribution in [0.3, 0.4) is 0 Å². The molecule has 4 amide bonds. The molecule has 208 valence electrons. The predicted octanol–water partition coefficient (Wildman–Crippen LogP) is 6.64. The van der Waals surface area contributed by atoms with E-state index in [1.165, 1.54) is 0 Å². The molecule has 0 N–H and O–H groups in total. The summed E-state index contributed by atoms with van der Waals surface area (Å²) in [5, 5.41) is 0. The number of imide groups is 2. The van der Waals surface area contributed by atoms with Crippen LogP contribution in [0.15, 0.2) is 0 Å². The van der Waals surface area contributed by atoms with Crippen LogP contribution in [0, 0.1) is 0 Å². The second-order valence-corrected chi connectivity index (χ2v) is 13.1. The quantitative estimate of drug-likeness (QED) is 0.377. The van der Waals surface area contributed by atoms with E-state index < -0.39 is 58.9 Å². The molecule has 1 aliphatic rings. The Hall–Kier alpha value is -2.52. The summed E-state index contributed by atoms with van der Waals surface area (Å²) in [4.78, 5) is 53.9. The minimum Gasteiger partial charge on any atom is -0.443 e. The summed E-state index contributed by atoms with van der Waals surface area (Å²) in [6.07, 6.45) is -1.83. The van der Waals surface area contributed by atoms with Crippen molar-refractivity contribution >= 4 is 24.4 Å². The number of amides is 4. The van der Waals surface area contributed by atoms with Crippen LogP contribution in [0.1, 0.15) is 109 Å². The van der Waals surface area contributed by atoms with Crippen molar-refractivity contribution in [2.45, 2.75) is 143 Å². The zero-order chi connectivity index (χ0) is 28.3. The van der Waals surface area contributed by atoms with Crippen molar-refractivity contribution in [2.24, 2.45) is 0 Å². The SMILES string of the molecule is CC(C)(C)OC(=O)N(C(=O)OC(C)(C)C)C1CCC(N(C(=O)OC(C)(C)C)C(=O)OC(C)(C)C)CC1. The lowest BCUT2D eigenvalue weighted by atomic mass is 9.89. The third kappa shape index (κ3) is 11.0. The van der Waals surface area contributed by atoms with E-state index in [2.05, 4.69) is 0 Å². The van der Waals surface area contributed by atoms with Gasteiger partial charge in [-0.1, -0.05) is 0 Å². The van der Waals surface area contributed by atoms with Crippen molar-refractivity contribution < 1.29 is 38.1 Å². The third-order valence-electron chi connectivity index (χ3n) is 4.76. The average Bonchev–Trinajstić information content (AvgIpc) is 2.57. The van der Waals surface area contributed by atoms with Crippen LogP contribution in [-0.2, 0) is 18.9 Å². The zero-order valence-corrected chi connectivity index (χ0v) is 24.1. The van der Waals surface area contributed by atoms with Crippen molar-refractivity contribution in [2.75, 3.05) is 0 Å². The van der Waals surface area contributed by atoms with Crippen LogP contribution >= 0.6 is 0 Å². The highest BCUT2D eigenvalue weighted by atomic mass is 16.6. The van der Waals surface area contributed by atoms with Crippen LogP contribution in [0.2, 0.25) is 0 Å². The van der Waals surface area contributed by atoms with Gasteiger partial charge in [0, 0.05) is 12.1 Å². The van der Waals surface area contributed by atoms with Crippen molar-refractivity contribution in [3.05, 3.63) is 0 Å². The van der Waals surface area contributed by atoms with Crippen LogP contribution in [0.4, 0.5) is 19.2 Å². The average molecular weight is 515 g/mol. The number of hydrogen-bond donors (Lipinski definition) is 0. The number of carbonyl (C=O) groups excluding carboxylic acids is 4. The number of nitrogens with zero attached hydrogens (tertiary/aromatic N) is 2. The smallest absolute Gasteiger partial charge is 0.420 e. The predicted molar refractivity (Wildman–Crippen MR) is 135 cm³/mol. The van der Waals surface area contributed by atoms with Crippen molar-refractivity contribution in [3.8, 4) is 0 Å². The Kier molecular flexibility index (Phi) is 9.85. The molecule has 1 fully saturated rings. The van der Waals surface area contributed by atoms with E-state index in [9.17, 15) is 19.2 Å². The topological polar surface area (TPSA) is 112 Å². The second kappa shape index (κ2) is 11.3. The summed E-state index contributed by atoms with van der Waals surface area (Å²) in [5.74, 6) is 0. The third-order valence-corrected chi connectivity index (χ3v) is 4.76. The second-order valence-electron chi connectivity index (χ2n) is 13.1. The summed E-state index contributed by atoms with van der Waals surface area (Å²) >= 11 is 0. The Labute approximate surface area is 215 Å². The molecule has 0 atom stereocenters. The van der Waals surface area contributed by atoms with Crippen molar-refractivity contribution in [3.63, 3.8) is 0 Å². The van der Waals surface area contributed by atoms with Crippen LogP contribution < -0.4 is 0 Å². The fourth-order valence-electron chi connectivity index (χ4n) is 3.56. The molecule has 1 saturated carbocycles. The normalized spacial score (nSPS) is 19.1. The lowest BCUT2D eigenvalue weighted by Crippen LogP contribution is -2.54. The number of carbonyl (C=O) groups is 4. The first-order valence-electron chi connectivity index (χ1n) is 12.5. The van der Waals surface area contributed by atoms with E-state index in [1.54, 1.807) is 83.1 Å². The van der Waals surface area contributed by atoms with E-state index in [0.717, 1.165) is 9.80 Å². The monoisotopic (exact) mass is 514 g/mol. The lowest BCUT2D eigenvalue weighted by molar-refractivity contribution is -0.0239. The minimum absolute atomic E-state index is 0.339. The van der Waals surface area contributed by atoms with Gasteiger partial charge in [-0.25, -0.2) is 29.0 Å². The van der Waals surface area contributed by atoms with Crippen molar-refractivity contribution in [1.82, 2.24) is 9.80 Å². The Morgan fingerprint density at radius 3 is 0.750 bits per heavy atom. The molecule has 0 radical (unpaired) electrons. The van der Waals surface area contributed by atoms with Gasteiger partial charge >= 0.3 is 24.4 Å². The molecule has 0 aliphatic heterocycles. The van der Waals surface area contributed by atoms with Gasteiger partial charge in [-0.05, 0) is 109 Å². The molecule has 0 spiro atoms. The van der Waals surface area contributed by atoms with Gasteiger partial charge < -0.3 is 18.9 Å². The molecule has 10 nitrogen and oxygen atoms in total. The molecule has 0 aromatic carbocycles. The molecular formula is C26H46N2O8. The maximum Gasteiger partial charge on any atom is 0.420 e. The Morgan fingerprint density at radius 2 is 0.611 bits per heavy atom. The largest absolute Gasteiger partial charge is 0.443 e. The van der Waals surface area contributed by atoms with Gasteiger partial charge in [0.05, 0.1) is 0 Å². The highest BCUT2D eigenvalue weighted by Gasteiger charge is 2.43. The molecule has 1 rings (SSSR count). The summed E-state index contributed by atoms with van der Waals surface area (Å²) < 4.78 is 21.9. The van der Waals surface area contributed by atoms with E-state index in [-0.39, 0.29) is 0 Å². The molecule has 0 aromatic rings. The molecule has 0 unspecified atom stereocenters. The molecule has 0 saturated heterocycles. The van der Waals surface area contributed by atoms with Gasteiger partial charge in [0.2, 0.25) is 0 Å². The summed E-state index contributed by atoms with van der Waals surface area (Å²) in [5.41, 5.74) is -3.23. The van der Waals surface area contributed by atoms with Crippen LogP contribution in [0.5, 0.6) is 0 Å². The van der Waals surface area contributed by atoms with Gasteiger partial charge in [0.25, 0.3) is 0 Å². The number of rotatable bonds is 2. The summed E-state index contributed by atoms with van der Waals surface area (Å²) in [6.45, 7) is 20.6. The first kappa shape index (κ1) is 31.5. The Morgan fingerprint density at radius 1 is 0.444 bits per heavy atom. The molecule has 0 heterocycles. The minimum atomic E-state index is -0.807. The molecule has 0 aromatic heterocycles. The van der Waals surface area contributed by atoms with E-state index in [1.807, 2.05) is 0 Å². The van der Waals surface area contributed by atoms with Gasteiger partial charge in [-0.3, -0.25) is 0 Å². The highest BCUT2D eigenvalue weighted by molar-refractivity contribution is 5.89. The first-order chi connectivity index (χ1) is 16.0. The maximum absolute atomic E-state index is 13.0. The fraction of sp³-hybridized carbons (Fsp3) is 0.846. The summed E-state index contributed by atoms with van der Waals surface area (Å²) in [7, 11) is 0. The van der Waals surface area contributed by atoms with Gasteiger partial charge in [0.1, 0.15) is 22.4 Å². The molecular weight excluding hydrogens is 468 g/mol. The number of hydrogen-bond acceptors (Lipinski definition) is 8. The molecule has 10 heteroatoms. The lowest BCUT2D eigenvalue weighted by Gasteiger charge is -2.40. The molecule has 0 bridgehead atoms. The van der Waals surface area contributed by atoms with Gasteiger partial charge in [0.15, 0.2) is 0 Å². The van der Waals surface area contributed by atoms with E-state index >= 15 is 0 Å². The number of ether oxygens (including phenoxy) is 4. The standard InChI is InChI=1S/C26H46N2O8/c1-23(2,3)33-19(29)27(20(30)34-24(4,5)6)17-13-15-18(16-14-17)28(21(31)35-25(7,8)9)22(32)36-26(10,11)12/h17-18H,13-16H2,1-12H3. The fourth-order valence-corrected chi connectivity index (χ4v) is 3.56. The molecule has 36 heavy (non-hydrogen) atoms. The van der Waals surface area contributed by atoms with Gasteiger partial charge in [-0.2, -0.15) is 0 Å². The summed E-state index contributed by atoms with van der Waals surface area (Å²) in [6, 6.07) is -1.05. The van der Waals surface area contributed by atoms with E-state index in [4.69, 9.17) is 18.9 Å². The first-order valence-corrected chi connectivity index (χ1v) is 12.5. The maximum atomic E-state index is 13.0. The van der Waals surface area contributed by atoms with Crippen LogP contribution in [-0.4, -0.2) is 68.7 Å². The molecule has 1 aliphatic carbocycles.